The van der Waals surface area contributed by atoms with Crippen LogP contribution >= 0.6 is 12.4 Å². The molecular formula is C18H25ClN4O4. The Morgan fingerprint density at radius 2 is 2.04 bits per heavy atom. The van der Waals surface area contributed by atoms with E-state index in [0.29, 0.717) is 17.9 Å². The second-order valence-electron chi connectivity index (χ2n) is 6.79. The predicted molar refractivity (Wildman–Crippen MR) is 102 cm³/mol. The molecule has 0 spiro atoms. The Balaban J connectivity index is 0.00000261. The van der Waals surface area contributed by atoms with Crippen LogP contribution in [0, 0.1) is 0 Å². The molecule has 2 aliphatic heterocycles. The van der Waals surface area contributed by atoms with Gasteiger partial charge in [-0.2, -0.15) is 0 Å². The van der Waals surface area contributed by atoms with Gasteiger partial charge >= 0.3 is 6.03 Å². The minimum absolute atomic E-state index is 0. The van der Waals surface area contributed by atoms with Gasteiger partial charge in [0.15, 0.2) is 0 Å². The Morgan fingerprint density at radius 1 is 1.33 bits per heavy atom. The summed E-state index contributed by atoms with van der Waals surface area (Å²) >= 11 is 0. The molecule has 0 aromatic heterocycles. The molecule has 1 aromatic rings. The highest BCUT2D eigenvalue weighted by atomic mass is 35.5. The van der Waals surface area contributed by atoms with Crippen molar-refractivity contribution in [1.29, 1.82) is 0 Å². The normalized spacial score (nSPS) is 24.8. The SMILES string of the molecule is COc1ccc(C2(C)NC(=O)N(CC(=O)N[C@H]3CCCNC3)C2=O)cc1.Cl. The molecule has 3 rings (SSSR count). The Morgan fingerprint density at radius 3 is 2.63 bits per heavy atom. The first kappa shape index (κ1) is 21.0. The Kier molecular flexibility index (Phi) is 6.67. The highest BCUT2D eigenvalue weighted by Crippen LogP contribution is 2.29. The fourth-order valence-electron chi connectivity index (χ4n) is 3.35. The number of halogens is 1. The lowest BCUT2D eigenvalue weighted by atomic mass is 9.92. The molecule has 1 unspecified atom stereocenters. The van der Waals surface area contributed by atoms with E-state index in [1.165, 1.54) is 0 Å². The molecule has 2 heterocycles. The summed E-state index contributed by atoms with van der Waals surface area (Å²) in [6.07, 6.45) is 1.88. The molecule has 0 radical (unpaired) electrons. The number of ether oxygens (including phenoxy) is 1. The number of hydrogen-bond acceptors (Lipinski definition) is 5. The largest absolute Gasteiger partial charge is 0.497 e. The van der Waals surface area contributed by atoms with Gasteiger partial charge in [0, 0.05) is 12.6 Å². The molecule has 2 aliphatic rings. The van der Waals surface area contributed by atoms with E-state index in [1.54, 1.807) is 38.3 Å². The molecular weight excluding hydrogens is 372 g/mol. The van der Waals surface area contributed by atoms with Crippen LogP contribution in [-0.4, -0.2) is 55.5 Å². The number of carbonyl (C=O) groups is 3. The van der Waals surface area contributed by atoms with Gasteiger partial charge in [-0.1, -0.05) is 12.1 Å². The van der Waals surface area contributed by atoms with Crippen LogP contribution in [-0.2, 0) is 15.1 Å². The average Bonchev–Trinajstić information content (AvgIpc) is 2.86. The minimum Gasteiger partial charge on any atom is -0.497 e. The number of nitrogens with one attached hydrogen (secondary N) is 3. The molecule has 2 fully saturated rings. The van der Waals surface area contributed by atoms with E-state index in [4.69, 9.17) is 4.74 Å². The van der Waals surface area contributed by atoms with E-state index < -0.39 is 17.5 Å². The van der Waals surface area contributed by atoms with Gasteiger partial charge in [-0.3, -0.25) is 14.5 Å². The molecule has 2 atom stereocenters. The van der Waals surface area contributed by atoms with Gasteiger partial charge in [-0.05, 0) is 44.0 Å². The van der Waals surface area contributed by atoms with Gasteiger partial charge in [-0.15, -0.1) is 12.4 Å². The molecule has 148 valence electrons. The van der Waals surface area contributed by atoms with E-state index in [0.717, 1.165) is 24.3 Å². The number of hydrogen-bond donors (Lipinski definition) is 3. The third kappa shape index (κ3) is 4.33. The first-order valence-electron chi connectivity index (χ1n) is 8.73. The number of benzene rings is 1. The number of amides is 4. The van der Waals surface area contributed by atoms with Crippen LogP contribution in [0.2, 0.25) is 0 Å². The Labute approximate surface area is 164 Å². The van der Waals surface area contributed by atoms with Crippen molar-refractivity contribution in [2.75, 3.05) is 26.7 Å². The van der Waals surface area contributed by atoms with Crippen LogP contribution in [0.1, 0.15) is 25.3 Å². The monoisotopic (exact) mass is 396 g/mol. The zero-order valence-corrected chi connectivity index (χ0v) is 16.2. The molecule has 3 N–H and O–H groups in total. The lowest BCUT2D eigenvalue weighted by Gasteiger charge is -2.25. The van der Waals surface area contributed by atoms with E-state index >= 15 is 0 Å². The van der Waals surface area contributed by atoms with Crippen LogP contribution < -0.4 is 20.7 Å². The third-order valence-electron chi connectivity index (χ3n) is 4.91. The van der Waals surface area contributed by atoms with Gasteiger partial charge in [0.1, 0.15) is 17.8 Å². The van der Waals surface area contributed by atoms with Crippen molar-refractivity contribution >= 4 is 30.3 Å². The van der Waals surface area contributed by atoms with Crippen molar-refractivity contribution in [3.05, 3.63) is 29.8 Å². The second kappa shape index (κ2) is 8.58. The summed E-state index contributed by atoms with van der Waals surface area (Å²) in [7, 11) is 1.56. The smallest absolute Gasteiger partial charge is 0.325 e. The Hall–Kier alpha value is -2.32. The number of carbonyl (C=O) groups excluding carboxylic acids is 3. The summed E-state index contributed by atoms with van der Waals surface area (Å²) in [5.74, 6) is -0.114. The van der Waals surface area contributed by atoms with Crippen LogP contribution in [0.25, 0.3) is 0 Å². The zero-order chi connectivity index (χ0) is 18.7. The number of piperidine rings is 1. The first-order chi connectivity index (χ1) is 12.4. The molecule has 8 nitrogen and oxygen atoms in total. The number of urea groups is 1. The van der Waals surface area contributed by atoms with E-state index in [1.807, 2.05) is 0 Å². The van der Waals surface area contributed by atoms with Crippen LogP contribution in [0.3, 0.4) is 0 Å². The number of nitrogens with zero attached hydrogens (tertiary/aromatic N) is 1. The van der Waals surface area contributed by atoms with Gasteiger partial charge in [0.25, 0.3) is 5.91 Å². The summed E-state index contributed by atoms with van der Waals surface area (Å²) in [6, 6.07) is 6.38. The van der Waals surface area contributed by atoms with Gasteiger partial charge < -0.3 is 20.7 Å². The van der Waals surface area contributed by atoms with Crippen LogP contribution in [0.5, 0.6) is 5.75 Å². The fraction of sp³-hybridized carbons (Fsp3) is 0.500. The summed E-state index contributed by atoms with van der Waals surface area (Å²) in [4.78, 5) is 38.4. The highest BCUT2D eigenvalue weighted by Gasteiger charge is 2.49. The van der Waals surface area contributed by atoms with E-state index in [2.05, 4.69) is 16.0 Å². The quantitative estimate of drug-likeness (QED) is 0.638. The maximum Gasteiger partial charge on any atom is 0.325 e. The molecule has 27 heavy (non-hydrogen) atoms. The maximum absolute atomic E-state index is 12.8. The summed E-state index contributed by atoms with van der Waals surface area (Å²) in [5, 5.41) is 8.78. The van der Waals surface area contributed by atoms with Crippen molar-refractivity contribution in [2.24, 2.45) is 0 Å². The minimum atomic E-state index is -1.20. The van der Waals surface area contributed by atoms with Crippen molar-refractivity contribution in [3.8, 4) is 5.75 Å². The molecule has 0 bridgehead atoms. The van der Waals surface area contributed by atoms with Crippen molar-refractivity contribution in [3.63, 3.8) is 0 Å². The van der Waals surface area contributed by atoms with Gasteiger partial charge in [-0.25, -0.2) is 4.79 Å². The van der Waals surface area contributed by atoms with Crippen molar-refractivity contribution < 1.29 is 19.1 Å². The number of methoxy groups -OCH3 is 1. The van der Waals surface area contributed by atoms with Crippen molar-refractivity contribution in [1.82, 2.24) is 20.9 Å². The summed E-state index contributed by atoms with van der Waals surface area (Å²) in [5.41, 5.74) is -0.563. The van der Waals surface area contributed by atoms with E-state index in [-0.39, 0.29) is 30.9 Å². The zero-order valence-electron chi connectivity index (χ0n) is 15.4. The number of rotatable bonds is 5. The topological polar surface area (TPSA) is 99.8 Å². The molecule has 1 aromatic carbocycles. The molecule has 0 aliphatic carbocycles. The van der Waals surface area contributed by atoms with Crippen molar-refractivity contribution in [2.45, 2.75) is 31.3 Å². The maximum atomic E-state index is 12.8. The molecule has 0 saturated carbocycles. The standard InChI is InChI=1S/C18H24N4O4.ClH/c1-18(12-5-7-14(26-2)8-6-12)16(24)22(17(25)21-18)11-15(23)20-13-4-3-9-19-10-13;/h5-8,13,19H,3-4,9-11H2,1-2H3,(H,20,23)(H,21,25);1H/t13-,18?;/m0./s1. The van der Waals surface area contributed by atoms with Crippen LogP contribution in [0.4, 0.5) is 4.79 Å². The summed E-state index contributed by atoms with van der Waals surface area (Å²) in [6.45, 7) is 3.00. The van der Waals surface area contributed by atoms with E-state index in [9.17, 15) is 14.4 Å². The van der Waals surface area contributed by atoms with Gasteiger partial charge in [0.2, 0.25) is 5.91 Å². The lowest BCUT2D eigenvalue weighted by Crippen LogP contribution is -2.49. The molecule has 9 heteroatoms. The third-order valence-corrected chi connectivity index (χ3v) is 4.91. The fourth-order valence-corrected chi connectivity index (χ4v) is 3.35. The molecule has 2 saturated heterocycles. The Bertz CT molecular complexity index is 706. The summed E-state index contributed by atoms with van der Waals surface area (Å²) < 4.78 is 5.12. The van der Waals surface area contributed by atoms with Gasteiger partial charge in [0.05, 0.1) is 7.11 Å². The lowest BCUT2D eigenvalue weighted by molar-refractivity contribution is -0.135. The predicted octanol–water partition coefficient (Wildman–Crippen LogP) is 0.752. The highest BCUT2D eigenvalue weighted by molar-refractivity contribution is 6.09. The average molecular weight is 397 g/mol. The first-order valence-corrected chi connectivity index (χ1v) is 8.73. The number of imide groups is 1. The molecule has 4 amide bonds. The van der Waals surface area contributed by atoms with Crippen LogP contribution in [0.15, 0.2) is 24.3 Å². The second-order valence-corrected chi connectivity index (χ2v) is 6.79.